The van der Waals surface area contributed by atoms with Crippen LogP contribution in [0.2, 0.25) is 0 Å². The summed E-state index contributed by atoms with van der Waals surface area (Å²) in [5, 5.41) is 20.7. The van der Waals surface area contributed by atoms with Crippen LogP contribution in [0.1, 0.15) is 54.1 Å². The van der Waals surface area contributed by atoms with Crippen molar-refractivity contribution in [2.24, 2.45) is 0 Å². The standard InChI is InChI=1S/C27H23N3O6S.C21H19NO3/c1-17-12-18(2)25(19(3)13-17)36-27-24(14-21(16-28-27)20-8-5-4-6-9-20)26(31)29-37(34,35)23-11-7-10-22(15-23)30(32)33;1-13-9-14(2)19(15(3)10-13)25-20-18(21(23)24)11-17(12-22-20)16-7-5-4-6-8-16/h4-16H,1-3H3,(H,29,31);4-12H,1-3H3,(H,23,24). The topological polar surface area (TPSA) is 188 Å². The third-order valence-electron chi connectivity index (χ3n) is 9.56. The van der Waals surface area contributed by atoms with E-state index >= 15 is 0 Å². The van der Waals surface area contributed by atoms with Gasteiger partial charge in [0.2, 0.25) is 11.8 Å². The highest BCUT2D eigenvalue weighted by Crippen LogP contribution is 2.34. The summed E-state index contributed by atoms with van der Waals surface area (Å²) < 4.78 is 39.8. The van der Waals surface area contributed by atoms with Gasteiger partial charge in [-0.25, -0.2) is 27.9 Å². The van der Waals surface area contributed by atoms with Crippen LogP contribution in [0.5, 0.6) is 23.3 Å². The highest BCUT2D eigenvalue weighted by atomic mass is 32.2. The van der Waals surface area contributed by atoms with Crippen LogP contribution in [0, 0.1) is 51.7 Å². The van der Waals surface area contributed by atoms with E-state index in [4.69, 9.17) is 9.47 Å². The molecule has 0 bridgehead atoms. The summed E-state index contributed by atoms with van der Waals surface area (Å²) in [5.74, 6) is -0.894. The van der Waals surface area contributed by atoms with Crippen LogP contribution in [0.4, 0.5) is 5.69 Å². The van der Waals surface area contributed by atoms with Gasteiger partial charge in [0.05, 0.1) is 9.82 Å². The molecule has 14 heteroatoms. The maximum absolute atomic E-state index is 13.3. The number of nitrogens with one attached hydrogen (secondary N) is 1. The molecule has 0 radical (unpaired) electrons. The second-order valence-corrected chi connectivity index (χ2v) is 16.2. The van der Waals surface area contributed by atoms with E-state index in [2.05, 4.69) is 9.97 Å². The number of sulfonamides is 1. The van der Waals surface area contributed by atoms with Crippen molar-refractivity contribution in [1.82, 2.24) is 14.7 Å². The van der Waals surface area contributed by atoms with Gasteiger partial charge in [0.25, 0.3) is 21.6 Å². The largest absolute Gasteiger partial charge is 0.477 e. The molecule has 0 atom stereocenters. The minimum absolute atomic E-state index is 0.0423. The molecule has 0 saturated heterocycles. The quantitative estimate of drug-likeness (QED) is 0.0931. The summed E-state index contributed by atoms with van der Waals surface area (Å²) in [6, 6.07) is 34.1. The number of ether oxygens (including phenoxy) is 2. The maximum atomic E-state index is 13.3. The zero-order chi connectivity index (χ0) is 44.7. The number of nitrogens with zero attached hydrogens (tertiary/aromatic N) is 3. The van der Waals surface area contributed by atoms with Crippen molar-refractivity contribution in [3.05, 3.63) is 188 Å². The number of aryl methyl sites for hydroxylation is 6. The molecule has 1 amide bonds. The number of amides is 1. The van der Waals surface area contributed by atoms with Gasteiger partial charge >= 0.3 is 5.97 Å². The summed E-state index contributed by atoms with van der Waals surface area (Å²) in [6.45, 7) is 11.6. The van der Waals surface area contributed by atoms with Crippen molar-refractivity contribution in [1.29, 1.82) is 0 Å². The maximum Gasteiger partial charge on any atom is 0.341 e. The Hall–Kier alpha value is -7.71. The number of nitro benzene ring substituents is 1. The predicted octanol–water partition coefficient (Wildman–Crippen LogP) is 10.7. The lowest BCUT2D eigenvalue weighted by molar-refractivity contribution is -0.385. The first-order valence-corrected chi connectivity index (χ1v) is 20.7. The van der Waals surface area contributed by atoms with Gasteiger partial charge in [-0.15, -0.1) is 0 Å². The summed E-state index contributed by atoms with van der Waals surface area (Å²) in [7, 11) is -4.44. The van der Waals surface area contributed by atoms with Crippen LogP contribution in [0.3, 0.4) is 0 Å². The normalized spacial score (nSPS) is 10.9. The number of carboxylic acid groups (broad SMARTS) is 1. The Bertz CT molecular complexity index is 2890. The number of benzene rings is 5. The van der Waals surface area contributed by atoms with E-state index < -0.39 is 37.4 Å². The van der Waals surface area contributed by atoms with Crippen molar-refractivity contribution in [3.8, 4) is 45.5 Å². The van der Waals surface area contributed by atoms with Crippen molar-refractivity contribution in [2.75, 3.05) is 0 Å². The number of aromatic carboxylic acids is 1. The van der Waals surface area contributed by atoms with E-state index in [1.165, 1.54) is 18.3 Å². The number of aromatic nitrogens is 2. The lowest BCUT2D eigenvalue weighted by Crippen LogP contribution is -2.31. The molecular weight excluding hydrogens is 809 g/mol. The van der Waals surface area contributed by atoms with Gasteiger partial charge in [-0.1, -0.05) is 102 Å². The third-order valence-corrected chi connectivity index (χ3v) is 10.9. The molecule has 2 heterocycles. The van der Waals surface area contributed by atoms with Crippen molar-refractivity contribution in [3.63, 3.8) is 0 Å². The van der Waals surface area contributed by atoms with E-state index in [1.54, 1.807) is 12.3 Å². The average Bonchev–Trinajstić information content (AvgIpc) is 3.24. The number of rotatable bonds is 11. The van der Waals surface area contributed by atoms with Crippen LogP contribution < -0.4 is 14.2 Å². The predicted molar refractivity (Wildman–Crippen MR) is 236 cm³/mol. The van der Waals surface area contributed by atoms with Gasteiger partial charge in [-0.3, -0.25) is 14.9 Å². The molecule has 2 N–H and O–H groups in total. The number of hydrogen-bond donors (Lipinski definition) is 2. The van der Waals surface area contributed by atoms with Crippen LogP contribution in [-0.2, 0) is 10.0 Å². The molecule has 0 spiro atoms. The number of nitro groups is 1. The molecule has 314 valence electrons. The molecule has 0 fully saturated rings. The molecule has 7 rings (SSSR count). The van der Waals surface area contributed by atoms with E-state index in [0.717, 1.165) is 68.3 Å². The van der Waals surface area contributed by atoms with Crippen LogP contribution >= 0.6 is 0 Å². The third kappa shape index (κ3) is 10.3. The molecule has 13 nitrogen and oxygen atoms in total. The number of carboxylic acids is 1. The van der Waals surface area contributed by atoms with Gasteiger partial charge in [-0.2, -0.15) is 0 Å². The number of pyridine rings is 2. The molecule has 62 heavy (non-hydrogen) atoms. The summed E-state index contributed by atoms with van der Waals surface area (Å²) >= 11 is 0. The molecule has 7 aromatic rings. The van der Waals surface area contributed by atoms with E-state index in [9.17, 15) is 33.2 Å². The van der Waals surface area contributed by atoms with E-state index in [-0.39, 0.29) is 22.9 Å². The van der Waals surface area contributed by atoms with Crippen LogP contribution in [-0.4, -0.2) is 40.3 Å². The molecule has 0 unspecified atom stereocenters. The van der Waals surface area contributed by atoms with Gasteiger partial charge in [0, 0.05) is 35.7 Å². The second kappa shape index (κ2) is 18.7. The Morgan fingerprint density at radius 2 is 1.03 bits per heavy atom. The minimum atomic E-state index is -4.44. The first-order chi connectivity index (χ1) is 29.5. The number of carbonyl (C=O) groups is 2. The van der Waals surface area contributed by atoms with Gasteiger partial charge in [0.1, 0.15) is 22.6 Å². The SMILES string of the molecule is Cc1cc(C)c(Oc2ncc(-c3ccccc3)cc2C(=O)NS(=O)(=O)c2cccc([N+](=O)[O-])c2)c(C)c1.Cc1cc(C)c(Oc2ncc(-c3ccccc3)cc2C(=O)O)c(C)c1. The fourth-order valence-corrected chi connectivity index (χ4v) is 7.81. The first kappa shape index (κ1) is 43.9. The van der Waals surface area contributed by atoms with Gasteiger partial charge in [-0.05, 0) is 93.1 Å². The smallest absolute Gasteiger partial charge is 0.341 e. The highest BCUT2D eigenvalue weighted by Gasteiger charge is 2.25. The van der Waals surface area contributed by atoms with Gasteiger partial charge in [0.15, 0.2) is 0 Å². The second-order valence-electron chi connectivity index (χ2n) is 14.5. The van der Waals surface area contributed by atoms with Crippen molar-refractivity contribution >= 4 is 27.6 Å². The summed E-state index contributed by atoms with van der Waals surface area (Å²) in [5.41, 5.74) is 8.20. The van der Waals surface area contributed by atoms with Crippen LogP contribution in [0.15, 0.2) is 139 Å². The van der Waals surface area contributed by atoms with Crippen LogP contribution in [0.25, 0.3) is 22.3 Å². The fourth-order valence-electron chi connectivity index (χ4n) is 6.81. The number of non-ortho nitro benzene ring substituents is 1. The Balaban J connectivity index is 0.000000223. The van der Waals surface area contributed by atoms with Crippen molar-refractivity contribution < 1.29 is 37.5 Å². The van der Waals surface area contributed by atoms with E-state index in [0.29, 0.717) is 17.1 Å². The Kier molecular flexibility index (Phi) is 13.2. The Morgan fingerprint density at radius 1 is 0.597 bits per heavy atom. The molecule has 2 aromatic heterocycles. The van der Waals surface area contributed by atoms with Crippen molar-refractivity contribution in [2.45, 2.75) is 46.4 Å². The zero-order valence-electron chi connectivity index (χ0n) is 34.7. The average molecular weight is 851 g/mol. The lowest BCUT2D eigenvalue weighted by atomic mass is 10.1. The molecule has 0 aliphatic carbocycles. The zero-order valence-corrected chi connectivity index (χ0v) is 35.5. The van der Waals surface area contributed by atoms with Gasteiger partial charge < -0.3 is 14.6 Å². The molecule has 0 saturated carbocycles. The summed E-state index contributed by atoms with van der Waals surface area (Å²) in [6.07, 6.45) is 3.17. The Morgan fingerprint density at radius 3 is 1.47 bits per heavy atom. The minimum Gasteiger partial charge on any atom is -0.477 e. The number of carbonyl (C=O) groups excluding carboxylic acids is 1. The molecular formula is C48H42N4O9S. The molecule has 0 aliphatic heterocycles. The lowest BCUT2D eigenvalue weighted by Gasteiger charge is -2.16. The fraction of sp³-hybridized carbons (Fsp3) is 0.125. The first-order valence-electron chi connectivity index (χ1n) is 19.2. The van der Waals surface area contributed by atoms with E-state index in [1.807, 2.05) is 131 Å². The monoisotopic (exact) mass is 850 g/mol. The highest BCUT2D eigenvalue weighted by molar-refractivity contribution is 7.90. The Labute approximate surface area is 358 Å². The number of hydrogen-bond acceptors (Lipinski definition) is 10. The molecule has 0 aliphatic rings. The summed E-state index contributed by atoms with van der Waals surface area (Å²) in [4.78, 5) is 43.6. The molecule has 5 aromatic carbocycles.